The average molecular weight is 337 g/mol. The lowest BCUT2D eigenvalue weighted by Gasteiger charge is -2.36. The molecule has 0 saturated carbocycles. The van der Waals surface area contributed by atoms with Crippen molar-refractivity contribution in [2.75, 3.05) is 6.61 Å². The average Bonchev–Trinajstić information content (AvgIpc) is 2.45. The molecule has 0 spiro atoms. The fourth-order valence-electron chi connectivity index (χ4n) is 1.77. The van der Waals surface area contributed by atoms with E-state index in [1.807, 2.05) is 6.07 Å². The maximum absolute atomic E-state index is 12.1. The summed E-state index contributed by atoms with van der Waals surface area (Å²) in [5, 5.41) is 2.78. The summed E-state index contributed by atoms with van der Waals surface area (Å²) in [5.41, 5.74) is 5.90. The van der Waals surface area contributed by atoms with E-state index in [-0.39, 0.29) is 10.9 Å². The van der Waals surface area contributed by atoms with Crippen LogP contribution in [0.2, 0.25) is 18.1 Å². The van der Waals surface area contributed by atoms with Crippen LogP contribution in [0.1, 0.15) is 37.6 Å². The standard InChI is InChI=1S/C17H28N2O3Si/c1-17(2,3)23(4,5)22-12-11-14(15(18)20)19-16(21)13-9-7-6-8-10-13/h6-10,14H,11-12H2,1-5H3,(H2,18,20)(H,19,21)/t14-/m1/s1. The van der Waals surface area contributed by atoms with Gasteiger partial charge in [-0.05, 0) is 36.7 Å². The van der Waals surface area contributed by atoms with Gasteiger partial charge in [-0.3, -0.25) is 9.59 Å². The molecule has 0 saturated heterocycles. The molecule has 0 radical (unpaired) electrons. The Balaban J connectivity index is 2.60. The van der Waals surface area contributed by atoms with Gasteiger partial charge in [-0.2, -0.15) is 0 Å². The molecular weight excluding hydrogens is 308 g/mol. The van der Waals surface area contributed by atoms with Crippen molar-refractivity contribution in [3.63, 3.8) is 0 Å². The summed E-state index contributed by atoms with van der Waals surface area (Å²) >= 11 is 0. The molecule has 1 rings (SSSR count). The molecule has 6 heteroatoms. The number of hydrogen-bond acceptors (Lipinski definition) is 3. The van der Waals surface area contributed by atoms with E-state index < -0.39 is 20.3 Å². The molecule has 23 heavy (non-hydrogen) atoms. The Hall–Kier alpha value is -1.66. The van der Waals surface area contributed by atoms with E-state index in [4.69, 9.17) is 10.2 Å². The minimum atomic E-state index is -1.88. The van der Waals surface area contributed by atoms with Gasteiger partial charge in [-0.25, -0.2) is 0 Å². The molecule has 2 amide bonds. The van der Waals surface area contributed by atoms with Crippen LogP contribution >= 0.6 is 0 Å². The molecule has 1 atom stereocenters. The first kappa shape index (κ1) is 19.4. The van der Waals surface area contributed by atoms with E-state index >= 15 is 0 Å². The Labute approximate surface area is 139 Å². The number of nitrogens with two attached hydrogens (primary N) is 1. The van der Waals surface area contributed by atoms with Gasteiger partial charge in [-0.1, -0.05) is 39.0 Å². The van der Waals surface area contributed by atoms with Crippen LogP contribution in [-0.2, 0) is 9.22 Å². The molecule has 0 heterocycles. The third-order valence-corrected chi connectivity index (χ3v) is 8.90. The number of carbonyl (C=O) groups excluding carboxylic acids is 2. The van der Waals surface area contributed by atoms with Gasteiger partial charge in [0.15, 0.2) is 8.32 Å². The highest BCUT2D eigenvalue weighted by molar-refractivity contribution is 6.74. The van der Waals surface area contributed by atoms with E-state index in [1.165, 1.54) is 0 Å². The zero-order chi connectivity index (χ0) is 17.7. The number of rotatable bonds is 7. The zero-order valence-corrected chi connectivity index (χ0v) is 15.7. The predicted molar refractivity (Wildman–Crippen MR) is 94.7 cm³/mol. The molecule has 1 aromatic rings. The third-order valence-electron chi connectivity index (χ3n) is 4.36. The predicted octanol–water partition coefficient (Wildman–Crippen LogP) is 2.68. The Morgan fingerprint density at radius 1 is 1.22 bits per heavy atom. The van der Waals surface area contributed by atoms with E-state index in [9.17, 15) is 9.59 Å². The van der Waals surface area contributed by atoms with Crippen molar-refractivity contribution in [2.45, 2.75) is 51.4 Å². The molecule has 5 nitrogen and oxygen atoms in total. The van der Waals surface area contributed by atoms with Crippen molar-refractivity contribution in [3.8, 4) is 0 Å². The highest BCUT2D eigenvalue weighted by atomic mass is 28.4. The maximum atomic E-state index is 12.1. The molecule has 1 aromatic carbocycles. The SMILES string of the molecule is CC(C)(C)[Si](C)(C)OCC[C@@H](NC(=O)c1ccccc1)C(N)=O. The monoisotopic (exact) mass is 336 g/mol. The first-order valence-electron chi connectivity index (χ1n) is 7.84. The summed E-state index contributed by atoms with van der Waals surface area (Å²) in [4.78, 5) is 23.7. The highest BCUT2D eigenvalue weighted by Gasteiger charge is 2.37. The Morgan fingerprint density at radius 2 is 1.78 bits per heavy atom. The summed E-state index contributed by atoms with van der Waals surface area (Å²) in [7, 11) is -1.88. The second-order valence-electron chi connectivity index (χ2n) is 7.19. The van der Waals surface area contributed by atoms with Crippen LogP contribution in [0.4, 0.5) is 0 Å². The number of amides is 2. The molecule has 3 N–H and O–H groups in total. The second-order valence-corrected chi connectivity index (χ2v) is 12.0. The van der Waals surface area contributed by atoms with Crippen molar-refractivity contribution >= 4 is 20.1 Å². The zero-order valence-electron chi connectivity index (χ0n) is 14.7. The van der Waals surface area contributed by atoms with Crippen molar-refractivity contribution in [3.05, 3.63) is 35.9 Å². The second kappa shape index (κ2) is 7.74. The van der Waals surface area contributed by atoms with Gasteiger partial charge >= 0.3 is 0 Å². The highest BCUT2D eigenvalue weighted by Crippen LogP contribution is 2.36. The number of nitrogens with one attached hydrogen (secondary N) is 1. The maximum Gasteiger partial charge on any atom is 0.251 e. The number of hydrogen-bond donors (Lipinski definition) is 2. The van der Waals surface area contributed by atoms with Crippen molar-refractivity contribution in [1.29, 1.82) is 0 Å². The molecule has 0 fully saturated rings. The summed E-state index contributed by atoms with van der Waals surface area (Å²) in [5.74, 6) is -0.852. The Bertz CT molecular complexity index is 539. The first-order chi connectivity index (χ1) is 10.5. The number of carbonyl (C=O) groups is 2. The van der Waals surface area contributed by atoms with Crippen molar-refractivity contribution in [1.82, 2.24) is 5.32 Å². The smallest absolute Gasteiger partial charge is 0.251 e. The van der Waals surface area contributed by atoms with E-state index in [0.717, 1.165) is 0 Å². The van der Waals surface area contributed by atoms with E-state index in [0.29, 0.717) is 18.6 Å². The third kappa shape index (κ3) is 5.80. The first-order valence-corrected chi connectivity index (χ1v) is 10.7. The lowest BCUT2D eigenvalue weighted by atomic mass is 10.1. The fraction of sp³-hybridized carbons (Fsp3) is 0.529. The summed E-state index contributed by atoms with van der Waals surface area (Å²) in [6.07, 6.45) is 0.375. The Kier molecular flexibility index (Phi) is 6.53. The van der Waals surface area contributed by atoms with Gasteiger partial charge in [0.25, 0.3) is 5.91 Å². The van der Waals surface area contributed by atoms with Crippen LogP contribution in [0.3, 0.4) is 0 Å². The normalized spacial score (nSPS) is 13.4. The summed E-state index contributed by atoms with van der Waals surface area (Å²) < 4.78 is 6.04. The van der Waals surface area contributed by atoms with Gasteiger partial charge in [-0.15, -0.1) is 0 Å². The van der Waals surface area contributed by atoms with Gasteiger partial charge in [0.05, 0.1) is 0 Å². The van der Waals surface area contributed by atoms with Crippen LogP contribution in [0.5, 0.6) is 0 Å². The largest absolute Gasteiger partial charge is 0.417 e. The Morgan fingerprint density at radius 3 is 2.26 bits per heavy atom. The lowest BCUT2D eigenvalue weighted by Crippen LogP contribution is -2.46. The van der Waals surface area contributed by atoms with Crippen molar-refractivity contribution in [2.24, 2.45) is 5.73 Å². The van der Waals surface area contributed by atoms with Crippen LogP contribution in [0, 0.1) is 0 Å². The van der Waals surface area contributed by atoms with Crippen LogP contribution in [0.15, 0.2) is 30.3 Å². The molecule has 0 aliphatic rings. The number of primary amides is 1. The van der Waals surface area contributed by atoms with Crippen LogP contribution < -0.4 is 11.1 Å². The molecule has 0 aliphatic carbocycles. The summed E-state index contributed by atoms with van der Waals surface area (Å²) in [6.45, 7) is 11.2. The van der Waals surface area contributed by atoms with Gasteiger partial charge in [0.1, 0.15) is 6.04 Å². The van der Waals surface area contributed by atoms with E-state index in [1.54, 1.807) is 24.3 Å². The summed E-state index contributed by atoms with van der Waals surface area (Å²) in [6, 6.07) is 8.03. The van der Waals surface area contributed by atoms with Crippen LogP contribution in [-0.4, -0.2) is 32.8 Å². The minimum absolute atomic E-state index is 0.0997. The van der Waals surface area contributed by atoms with Gasteiger partial charge in [0.2, 0.25) is 5.91 Å². The van der Waals surface area contributed by atoms with Gasteiger partial charge in [0, 0.05) is 12.2 Å². The molecule has 0 unspecified atom stereocenters. The minimum Gasteiger partial charge on any atom is -0.417 e. The van der Waals surface area contributed by atoms with Gasteiger partial charge < -0.3 is 15.5 Å². The topological polar surface area (TPSA) is 81.4 Å². The molecule has 0 bridgehead atoms. The fourth-order valence-corrected chi connectivity index (χ4v) is 2.83. The number of benzene rings is 1. The molecular formula is C17H28N2O3Si. The van der Waals surface area contributed by atoms with Crippen molar-refractivity contribution < 1.29 is 14.0 Å². The lowest BCUT2D eigenvalue weighted by molar-refractivity contribution is -0.120. The quantitative estimate of drug-likeness (QED) is 0.751. The molecule has 0 aliphatic heterocycles. The molecule has 0 aromatic heterocycles. The van der Waals surface area contributed by atoms with Crippen LogP contribution in [0.25, 0.3) is 0 Å². The molecule has 128 valence electrons. The van der Waals surface area contributed by atoms with E-state index in [2.05, 4.69) is 39.2 Å².